The van der Waals surface area contributed by atoms with E-state index in [0.29, 0.717) is 0 Å². The SMILES string of the molecule is FC(F)(F)COCC1Cc2ccccc2S1. The van der Waals surface area contributed by atoms with Crippen molar-refractivity contribution in [2.24, 2.45) is 0 Å². The second-order valence-electron chi connectivity index (χ2n) is 3.68. The van der Waals surface area contributed by atoms with Crippen LogP contribution in [-0.2, 0) is 11.2 Å². The Hall–Kier alpha value is -0.680. The largest absolute Gasteiger partial charge is 0.411 e. The van der Waals surface area contributed by atoms with E-state index in [2.05, 4.69) is 4.74 Å². The van der Waals surface area contributed by atoms with E-state index in [1.54, 1.807) is 11.8 Å². The average Bonchev–Trinajstić information content (AvgIpc) is 2.57. The molecule has 5 heteroatoms. The summed E-state index contributed by atoms with van der Waals surface area (Å²) in [7, 11) is 0. The van der Waals surface area contributed by atoms with Gasteiger partial charge in [0.2, 0.25) is 0 Å². The Labute approximate surface area is 96.0 Å². The fraction of sp³-hybridized carbons (Fsp3) is 0.455. The molecule has 0 saturated heterocycles. The van der Waals surface area contributed by atoms with Gasteiger partial charge >= 0.3 is 6.18 Å². The van der Waals surface area contributed by atoms with Crippen molar-refractivity contribution in [3.8, 4) is 0 Å². The normalized spacial score (nSPS) is 19.8. The molecule has 0 N–H and O–H groups in total. The van der Waals surface area contributed by atoms with Gasteiger partial charge in [0.25, 0.3) is 0 Å². The number of benzene rings is 1. The topological polar surface area (TPSA) is 9.23 Å². The van der Waals surface area contributed by atoms with Crippen molar-refractivity contribution in [2.45, 2.75) is 22.7 Å². The van der Waals surface area contributed by atoms with E-state index >= 15 is 0 Å². The minimum Gasteiger partial charge on any atom is -0.371 e. The molecule has 1 aromatic rings. The Morgan fingerprint density at radius 1 is 1.31 bits per heavy atom. The first-order chi connectivity index (χ1) is 7.54. The Kier molecular flexibility index (Phi) is 3.44. The van der Waals surface area contributed by atoms with Gasteiger partial charge in [-0.1, -0.05) is 18.2 Å². The lowest BCUT2D eigenvalue weighted by Gasteiger charge is -2.11. The van der Waals surface area contributed by atoms with Crippen LogP contribution in [0.4, 0.5) is 13.2 Å². The van der Waals surface area contributed by atoms with Crippen molar-refractivity contribution in [3.63, 3.8) is 0 Å². The fourth-order valence-corrected chi connectivity index (χ4v) is 2.90. The minimum absolute atomic E-state index is 0.111. The van der Waals surface area contributed by atoms with Gasteiger partial charge in [0.1, 0.15) is 6.61 Å². The number of ether oxygens (including phenoxy) is 1. The van der Waals surface area contributed by atoms with Crippen LogP contribution in [0.2, 0.25) is 0 Å². The molecular weight excluding hydrogens is 237 g/mol. The summed E-state index contributed by atoms with van der Waals surface area (Å²) in [5.41, 5.74) is 1.20. The van der Waals surface area contributed by atoms with Gasteiger partial charge in [-0.3, -0.25) is 0 Å². The van der Waals surface area contributed by atoms with E-state index in [4.69, 9.17) is 0 Å². The van der Waals surface area contributed by atoms with E-state index < -0.39 is 12.8 Å². The molecule has 0 saturated carbocycles. The quantitative estimate of drug-likeness (QED) is 0.811. The molecule has 1 aliphatic rings. The highest BCUT2D eigenvalue weighted by Gasteiger charge is 2.29. The molecule has 2 rings (SSSR count). The molecule has 0 bridgehead atoms. The van der Waals surface area contributed by atoms with Gasteiger partial charge in [0.15, 0.2) is 0 Å². The first kappa shape index (κ1) is 11.8. The Morgan fingerprint density at radius 3 is 2.75 bits per heavy atom. The third-order valence-electron chi connectivity index (χ3n) is 2.28. The number of halogens is 3. The van der Waals surface area contributed by atoms with Crippen LogP contribution in [0.15, 0.2) is 29.2 Å². The zero-order chi connectivity index (χ0) is 11.6. The monoisotopic (exact) mass is 248 g/mol. The summed E-state index contributed by atoms with van der Waals surface area (Å²) >= 11 is 1.59. The molecular formula is C11H11F3OS. The van der Waals surface area contributed by atoms with Crippen LogP contribution in [0.3, 0.4) is 0 Å². The lowest BCUT2D eigenvalue weighted by atomic mass is 10.1. The minimum atomic E-state index is -4.23. The molecule has 0 fully saturated rings. The van der Waals surface area contributed by atoms with Gasteiger partial charge in [-0.25, -0.2) is 0 Å². The molecule has 1 aromatic carbocycles. The highest BCUT2D eigenvalue weighted by molar-refractivity contribution is 8.00. The number of thioether (sulfide) groups is 1. The molecule has 0 aromatic heterocycles. The molecule has 0 radical (unpaired) electrons. The van der Waals surface area contributed by atoms with Crippen LogP contribution in [-0.4, -0.2) is 24.6 Å². The predicted molar refractivity (Wildman–Crippen MR) is 56.7 cm³/mol. The second-order valence-corrected chi connectivity index (χ2v) is 5.02. The Morgan fingerprint density at radius 2 is 2.06 bits per heavy atom. The van der Waals surface area contributed by atoms with Gasteiger partial charge in [0, 0.05) is 10.1 Å². The van der Waals surface area contributed by atoms with Gasteiger partial charge in [-0.2, -0.15) is 13.2 Å². The summed E-state index contributed by atoms with van der Waals surface area (Å²) in [6.45, 7) is -1.00. The predicted octanol–water partition coefficient (Wildman–Crippen LogP) is 3.28. The number of hydrogen-bond acceptors (Lipinski definition) is 2. The summed E-state index contributed by atoms with van der Waals surface area (Å²) in [5.74, 6) is 0. The third kappa shape index (κ3) is 3.15. The number of alkyl halides is 3. The van der Waals surface area contributed by atoms with E-state index in [1.807, 2.05) is 24.3 Å². The lowest BCUT2D eigenvalue weighted by Crippen LogP contribution is -2.21. The van der Waals surface area contributed by atoms with Crippen molar-refractivity contribution in [2.75, 3.05) is 13.2 Å². The molecule has 1 aliphatic heterocycles. The highest BCUT2D eigenvalue weighted by atomic mass is 32.2. The Balaban J connectivity index is 1.79. The van der Waals surface area contributed by atoms with E-state index in [9.17, 15) is 13.2 Å². The van der Waals surface area contributed by atoms with Crippen LogP contribution in [0.25, 0.3) is 0 Å². The zero-order valence-corrected chi connectivity index (χ0v) is 9.27. The average molecular weight is 248 g/mol. The summed E-state index contributed by atoms with van der Waals surface area (Å²) in [4.78, 5) is 1.16. The van der Waals surface area contributed by atoms with Crippen LogP contribution >= 0.6 is 11.8 Å². The van der Waals surface area contributed by atoms with E-state index in [-0.39, 0.29) is 11.9 Å². The molecule has 1 unspecified atom stereocenters. The molecule has 1 heterocycles. The van der Waals surface area contributed by atoms with Gasteiger partial charge in [-0.15, -0.1) is 11.8 Å². The third-order valence-corrected chi connectivity index (χ3v) is 3.57. The highest BCUT2D eigenvalue weighted by Crippen LogP contribution is 2.36. The maximum Gasteiger partial charge on any atom is 0.411 e. The van der Waals surface area contributed by atoms with Gasteiger partial charge < -0.3 is 4.74 Å². The maximum absolute atomic E-state index is 11.9. The molecule has 0 aliphatic carbocycles. The van der Waals surface area contributed by atoms with E-state index in [0.717, 1.165) is 11.3 Å². The van der Waals surface area contributed by atoms with Crippen LogP contribution < -0.4 is 0 Å². The van der Waals surface area contributed by atoms with Crippen LogP contribution in [0, 0.1) is 0 Å². The molecule has 88 valence electrons. The summed E-state index contributed by atoms with van der Waals surface area (Å²) in [5, 5.41) is 0.111. The summed E-state index contributed by atoms with van der Waals surface area (Å²) in [6, 6.07) is 7.87. The van der Waals surface area contributed by atoms with Crippen molar-refractivity contribution >= 4 is 11.8 Å². The number of fused-ring (bicyclic) bond motifs is 1. The maximum atomic E-state index is 11.9. The number of rotatable bonds is 3. The lowest BCUT2D eigenvalue weighted by molar-refractivity contribution is -0.173. The smallest absolute Gasteiger partial charge is 0.371 e. The molecule has 0 spiro atoms. The van der Waals surface area contributed by atoms with Gasteiger partial charge in [-0.05, 0) is 18.1 Å². The fourth-order valence-electron chi connectivity index (χ4n) is 1.65. The first-order valence-corrected chi connectivity index (χ1v) is 5.81. The van der Waals surface area contributed by atoms with Crippen molar-refractivity contribution in [1.82, 2.24) is 0 Å². The summed E-state index contributed by atoms with van der Waals surface area (Å²) in [6.07, 6.45) is -3.44. The zero-order valence-electron chi connectivity index (χ0n) is 8.46. The van der Waals surface area contributed by atoms with Crippen LogP contribution in [0.1, 0.15) is 5.56 Å². The summed E-state index contributed by atoms with van der Waals surface area (Å²) < 4.78 is 40.2. The van der Waals surface area contributed by atoms with Gasteiger partial charge in [0.05, 0.1) is 6.61 Å². The van der Waals surface area contributed by atoms with E-state index in [1.165, 1.54) is 5.56 Å². The van der Waals surface area contributed by atoms with Crippen molar-refractivity contribution < 1.29 is 17.9 Å². The van der Waals surface area contributed by atoms with Crippen molar-refractivity contribution in [1.29, 1.82) is 0 Å². The molecule has 0 amide bonds. The first-order valence-electron chi connectivity index (χ1n) is 4.94. The van der Waals surface area contributed by atoms with Crippen LogP contribution in [0.5, 0.6) is 0 Å². The standard InChI is InChI=1S/C11H11F3OS/c12-11(13,14)7-15-6-9-5-8-3-1-2-4-10(8)16-9/h1-4,9H,5-7H2. The Bertz CT molecular complexity index is 339. The van der Waals surface area contributed by atoms with Crippen molar-refractivity contribution in [3.05, 3.63) is 29.8 Å². The molecule has 16 heavy (non-hydrogen) atoms. The molecule has 1 nitrogen and oxygen atoms in total. The number of hydrogen-bond donors (Lipinski definition) is 0. The second kappa shape index (κ2) is 4.67. The molecule has 1 atom stereocenters.